The molecule has 2 aromatic carbocycles. The summed E-state index contributed by atoms with van der Waals surface area (Å²) in [4.78, 5) is 16.2. The third-order valence-electron chi connectivity index (χ3n) is 4.52. The van der Waals surface area contributed by atoms with Crippen molar-refractivity contribution in [3.05, 3.63) is 102 Å². The van der Waals surface area contributed by atoms with Crippen LogP contribution in [0.3, 0.4) is 0 Å². The van der Waals surface area contributed by atoms with Gasteiger partial charge in [0.25, 0.3) is 0 Å². The number of aromatic nitrogens is 1. The van der Waals surface area contributed by atoms with Crippen LogP contribution in [0.1, 0.15) is 35.4 Å². The molecule has 0 bridgehead atoms. The minimum atomic E-state index is 0.0914. The third-order valence-corrected chi connectivity index (χ3v) is 4.52. The zero-order chi connectivity index (χ0) is 18.0. The Hall–Kier alpha value is -2.94. The number of rotatable bonds is 8. The first-order valence-electron chi connectivity index (χ1n) is 9.08. The Morgan fingerprint density at radius 2 is 1.54 bits per heavy atom. The molecule has 0 radical (unpaired) electrons. The summed E-state index contributed by atoms with van der Waals surface area (Å²) in [5, 5.41) is 3.06. The molecule has 26 heavy (non-hydrogen) atoms. The van der Waals surface area contributed by atoms with Crippen LogP contribution in [0.5, 0.6) is 0 Å². The molecule has 1 N–H and O–H groups in total. The Bertz CT molecular complexity index is 749. The number of carbonyl (C=O) groups excluding carboxylic acids is 1. The molecule has 3 aromatic rings. The van der Waals surface area contributed by atoms with Crippen molar-refractivity contribution >= 4 is 5.91 Å². The molecule has 0 aliphatic carbocycles. The Balaban J connectivity index is 1.54. The lowest BCUT2D eigenvalue weighted by Crippen LogP contribution is -2.26. The van der Waals surface area contributed by atoms with Gasteiger partial charge in [0.05, 0.1) is 0 Å². The lowest BCUT2D eigenvalue weighted by atomic mass is 9.88. The highest BCUT2D eigenvalue weighted by atomic mass is 16.1. The van der Waals surface area contributed by atoms with E-state index in [0.29, 0.717) is 13.0 Å². The first kappa shape index (κ1) is 17.9. The second-order valence-corrected chi connectivity index (χ2v) is 6.37. The Morgan fingerprint density at radius 1 is 0.885 bits per heavy atom. The van der Waals surface area contributed by atoms with Gasteiger partial charge in [-0.2, -0.15) is 0 Å². The summed E-state index contributed by atoms with van der Waals surface area (Å²) in [5.74, 6) is 0.379. The van der Waals surface area contributed by atoms with E-state index in [9.17, 15) is 4.79 Å². The average molecular weight is 344 g/mol. The second-order valence-electron chi connectivity index (χ2n) is 6.37. The molecule has 3 rings (SSSR count). The number of pyridine rings is 1. The third kappa shape index (κ3) is 5.28. The van der Waals surface area contributed by atoms with Gasteiger partial charge in [0.2, 0.25) is 5.91 Å². The fourth-order valence-corrected chi connectivity index (χ4v) is 3.14. The van der Waals surface area contributed by atoms with Crippen LogP contribution in [0.15, 0.2) is 85.2 Å². The van der Waals surface area contributed by atoms with Gasteiger partial charge in [0.15, 0.2) is 0 Å². The van der Waals surface area contributed by atoms with E-state index in [1.165, 1.54) is 11.1 Å². The van der Waals surface area contributed by atoms with Crippen molar-refractivity contribution in [3.8, 4) is 0 Å². The van der Waals surface area contributed by atoms with E-state index in [2.05, 4.69) is 58.8 Å². The van der Waals surface area contributed by atoms with E-state index in [1.54, 1.807) is 6.20 Å². The molecule has 1 heterocycles. The normalized spacial score (nSPS) is 10.7. The predicted molar refractivity (Wildman–Crippen MR) is 105 cm³/mol. The topological polar surface area (TPSA) is 42.0 Å². The van der Waals surface area contributed by atoms with Crippen LogP contribution in [-0.2, 0) is 11.2 Å². The van der Waals surface area contributed by atoms with Gasteiger partial charge in [-0.3, -0.25) is 9.78 Å². The van der Waals surface area contributed by atoms with Crippen LogP contribution >= 0.6 is 0 Å². The van der Waals surface area contributed by atoms with Gasteiger partial charge in [-0.15, -0.1) is 0 Å². The summed E-state index contributed by atoms with van der Waals surface area (Å²) in [6, 6.07) is 24.9. The molecule has 3 nitrogen and oxygen atoms in total. The number of hydrogen-bond donors (Lipinski definition) is 1. The van der Waals surface area contributed by atoms with Gasteiger partial charge in [-0.05, 0) is 35.6 Å². The highest BCUT2D eigenvalue weighted by Crippen LogP contribution is 2.27. The summed E-state index contributed by atoms with van der Waals surface area (Å²) in [6.07, 6.45) is 5.66. The smallest absolute Gasteiger partial charge is 0.220 e. The zero-order valence-corrected chi connectivity index (χ0v) is 14.8. The summed E-state index contributed by atoms with van der Waals surface area (Å²) >= 11 is 0. The monoisotopic (exact) mass is 344 g/mol. The number of aryl methyl sites for hydroxylation is 1. The van der Waals surface area contributed by atoms with Gasteiger partial charge in [0, 0.05) is 31.3 Å². The highest BCUT2D eigenvalue weighted by Gasteiger charge is 2.14. The maximum Gasteiger partial charge on any atom is 0.220 e. The lowest BCUT2D eigenvalue weighted by Gasteiger charge is -2.18. The van der Waals surface area contributed by atoms with Crippen molar-refractivity contribution in [1.29, 1.82) is 0 Å². The summed E-state index contributed by atoms with van der Waals surface area (Å²) in [5.41, 5.74) is 3.65. The number of hydrogen-bond acceptors (Lipinski definition) is 2. The van der Waals surface area contributed by atoms with Crippen LogP contribution in [0, 0.1) is 0 Å². The van der Waals surface area contributed by atoms with Gasteiger partial charge in [0.1, 0.15) is 0 Å². The number of nitrogens with zero attached hydrogens (tertiary/aromatic N) is 1. The van der Waals surface area contributed by atoms with Crippen LogP contribution in [0.4, 0.5) is 0 Å². The van der Waals surface area contributed by atoms with Gasteiger partial charge in [-0.25, -0.2) is 0 Å². The van der Waals surface area contributed by atoms with Crippen molar-refractivity contribution < 1.29 is 4.79 Å². The molecule has 0 saturated heterocycles. The minimum absolute atomic E-state index is 0.0914. The van der Waals surface area contributed by atoms with E-state index in [1.807, 2.05) is 30.5 Å². The molecular weight excluding hydrogens is 320 g/mol. The maximum absolute atomic E-state index is 12.1. The van der Waals surface area contributed by atoms with Crippen molar-refractivity contribution in [3.63, 3.8) is 0 Å². The molecule has 1 amide bonds. The molecule has 0 aliphatic heterocycles. The number of amides is 1. The van der Waals surface area contributed by atoms with E-state index >= 15 is 0 Å². The van der Waals surface area contributed by atoms with Crippen molar-refractivity contribution in [2.24, 2.45) is 0 Å². The average Bonchev–Trinajstić information content (AvgIpc) is 2.72. The van der Waals surface area contributed by atoms with Crippen molar-refractivity contribution in [2.45, 2.75) is 25.2 Å². The SMILES string of the molecule is O=C(CCc1cccnc1)NCCC(c1ccccc1)c1ccccc1. The van der Waals surface area contributed by atoms with Crippen LogP contribution in [-0.4, -0.2) is 17.4 Å². The van der Waals surface area contributed by atoms with Crippen LogP contribution < -0.4 is 5.32 Å². The molecule has 132 valence electrons. The summed E-state index contributed by atoms with van der Waals surface area (Å²) < 4.78 is 0. The van der Waals surface area contributed by atoms with Crippen LogP contribution in [0.2, 0.25) is 0 Å². The standard InChI is InChI=1S/C23H24N2O/c26-23(14-13-19-8-7-16-24-18-19)25-17-15-22(20-9-3-1-4-10-20)21-11-5-2-6-12-21/h1-12,16,18,22H,13-15,17H2,(H,25,26). The largest absolute Gasteiger partial charge is 0.356 e. The molecule has 3 heteroatoms. The molecule has 0 spiro atoms. The molecule has 1 aromatic heterocycles. The number of benzene rings is 2. The van der Waals surface area contributed by atoms with E-state index in [-0.39, 0.29) is 11.8 Å². The molecule has 0 unspecified atom stereocenters. The van der Waals surface area contributed by atoms with Gasteiger partial charge < -0.3 is 5.32 Å². The van der Waals surface area contributed by atoms with Gasteiger partial charge >= 0.3 is 0 Å². The van der Waals surface area contributed by atoms with E-state index in [4.69, 9.17) is 0 Å². The lowest BCUT2D eigenvalue weighted by molar-refractivity contribution is -0.121. The Morgan fingerprint density at radius 3 is 2.12 bits per heavy atom. The van der Waals surface area contributed by atoms with Gasteiger partial charge in [-0.1, -0.05) is 66.7 Å². The second kappa shape index (κ2) is 9.52. The fourth-order valence-electron chi connectivity index (χ4n) is 3.14. The first-order chi connectivity index (χ1) is 12.8. The van der Waals surface area contributed by atoms with E-state index in [0.717, 1.165) is 18.4 Å². The molecule has 0 saturated carbocycles. The maximum atomic E-state index is 12.1. The molecule has 0 aliphatic rings. The predicted octanol–water partition coefficient (Wildman–Crippen LogP) is 4.35. The summed E-state index contributed by atoms with van der Waals surface area (Å²) in [7, 11) is 0. The number of nitrogens with one attached hydrogen (secondary N) is 1. The van der Waals surface area contributed by atoms with E-state index < -0.39 is 0 Å². The Kier molecular flexibility index (Phi) is 6.54. The van der Waals surface area contributed by atoms with Crippen molar-refractivity contribution in [1.82, 2.24) is 10.3 Å². The first-order valence-corrected chi connectivity index (χ1v) is 9.08. The minimum Gasteiger partial charge on any atom is -0.356 e. The highest BCUT2D eigenvalue weighted by molar-refractivity contribution is 5.76. The molecular formula is C23H24N2O. The zero-order valence-electron chi connectivity index (χ0n) is 14.8. The quantitative estimate of drug-likeness (QED) is 0.660. The van der Waals surface area contributed by atoms with Crippen LogP contribution in [0.25, 0.3) is 0 Å². The Labute approximate surface area is 155 Å². The molecule has 0 atom stereocenters. The summed E-state index contributed by atoms with van der Waals surface area (Å²) in [6.45, 7) is 0.667. The molecule has 0 fully saturated rings. The fraction of sp³-hybridized carbons (Fsp3) is 0.217. The van der Waals surface area contributed by atoms with Crippen molar-refractivity contribution in [2.75, 3.05) is 6.54 Å². The number of carbonyl (C=O) groups is 1.